The molecule has 0 amide bonds. The Hall–Kier alpha value is -2.79. The van der Waals surface area contributed by atoms with Crippen LogP contribution in [0.2, 0.25) is 0 Å². The van der Waals surface area contributed by atoms with Crippen LogP contribution >= 0.6 is 0 Å². The van der Waals surface area contributed by atoms with E-state index in [0.29, 0.717) is 35.6 Å². The maximum atomic E-state index is 15.1. The molecule has 0 radical (unpaired) electrons. The van der Waals surface area contributed by atoms with E-state index in [2.05, 4.69) is 6.92 Å². The highest BCUT2D eigenvalue weighted by Gasteiger charge is 2.24. The number of benzene rings is 3. The second-order valence-corrected chi connectivity index (χ2v) is 10.4. The van der Waals surface area contributed by atoms with Crippen molar-refractivity contribution in [1.82, 2.24) is 0 Å². The van der Waals surface area contributed by atoms with Crippen LogP contribution < -0.4 is 4.74 Å². The van der Waals surface area contributed by atoms with Crippen molar-refractivity contribution >= 4 is 0 Å². The van der Waals surface area contributed by atoms with Gasteiger partial charge in [-0.1, -0.05) is 82.3 Å². The molecule has 3 aromatic rings. The van der Waals surface area contributed by atoms with Crippen molar-refractivity contribution in [3.05, 3.63) is 77.6 Å². The highest BCUT2D eigenvalue weighted by atomic mass is 19.2. The highest BCUT2D eigenvalue weighted by molar-refractivity contribution is 5.71. The van der Waals surface area contributed by atoms with Gasteiger partial charge in [0.1, 0.15) is 5.82 Å². The molecule has 2 unspecified atom stereocenters. The molecule has 1 heterocycles. The number of unbranched alkanes of at least 4 members (excludes halogenated alkanes) is 4. The summed E-state index contributed by atoms with van der Waals surface area (Å²) in [6, 6.07) is 15.1. The third kappa shape index (κ3) is 6.99. The van der Waals surface area contributed by atoms with E-state index in [1.807, 2.05) is 13.0 Å². The van der Waals surface area contributed by atoms with E-state index < -0.39 is 11.6 Å². The number of ether oxygens (including phenoxy) is 2. The fourth-order valence-corrected chi connectivity index (χ4v) is 5.21. The van der Waals surface area contributed by atoms with E-state index in [1.54, 1.807) is 36.4 Å². The van der Waals surface area contributed by atoms with E-state index in [9.17, 15) is 8.78 Å². The molecule has 38 heavy (non-hydrogen) atoms. The molecule has 0 saturated carbocycles. The van der Waals surface area contributed by atoms with Gasteiger partial charge >= 0.3 is 0 Å². The van der Waals surface area contributed by atoms with Crippen molar-refractivity contribution in [2.75, 3.05) is 13.2 Å². The van der Waals surface area contributed by atoms with Crippen LogP contribution in [0.15, 0.2) is 54.6 Å². The van der Waals surface area contributed by atoms with Gasteiger partial charge in [-0.3, -0.25) is 0 Å². The lowest BCUT2D eigenvalue weighted by Crippen LogP contribution is -2.20. The third-order valence-corrected chi connectivity index (χ3v) is 7.47. The average Bonchev–Trinajstić information content (AvgIpc) is 2.94. The summed E-state index contributed by atoms with van der Waals surface area (Å²) in [4.78, 5) is 0. The Morgan fingerprint density at radius 3 is 2.13 bits per heavy atom. The van der Waals surface area contributed by atoms with Gasteiger partial charge in [-0.2, -0.15) is 4.39 Å². The number of halogens is 3. The van der Waals surface area contributed by atoms with Crippen LogP contribution in [-0.2, 0) is 4.74 Å². The molecule has 2 nitrogen and oxygen atoms in total. The number of hydrogen-bond donors (Lipinski definition) is 0. The van der Waals surface area contributed by atoms with Crippen molar-refractivity contribution in [2.24, 2.45) is 5.92 Å². The summed E-state index contributed by atoms with van der Waals surface area (Å²) in [5, 5.41) is 0. The van der Waals surface area contributed by atoms with Gasteiger partial charge in [0.05, 0.1) is 19.3 Å². The quantitative estimate of drug-likeness (QED) is 0.219. The van der Waals surface area contributed by atoms with Crippen LogP contribution in [-0.4, -0.2) is 13.2 Å². The zero-order valence-electron chi connectivity index (χ0n) is 22.6. The summed E-state index contributed by atoms with van der Waals surface area (Å²) in [7, 11) is 0. The van der Waals surface area contributed by atoms with Crippen LogP contribution in [0.25, 0.3) is 22.3 Å². The standard InChI is InChI=1S/C33H39F3O2/c1-3-5-6-7-8-9-23-10-18-30(38-22-23)26-15-16-27(29(34)21-26)24-11-13-25(14-12-24)28-17-19-31(37-20-4-2)33(36)32(28)35/h11-17,19,21,23,30H,3-10,18,20,22H2,1-2H3. The first kappa shape index (κ1) is 28.2. The summed E-state index contributed by atoms with van der Waals surface area (Å²) in [5.74, 6) is -1.75. The Bertz CT molecular complexity index is 1170. The smallest absolute Gasteiger partial charge is 0.201 e. The molecule has 0 N–H and O–H groups in total. The monoisotopic (exact) mass is 524 g/mol. The van der Waals surface area contributed by atoms with Crippen molar-refractivity contribution < 1.29 is 22.6 Å². The highest BCUT2D eigenvalue weighted by Crippen LogP contribution is 2.36. The van der Waals surface area contributed by atoms with Gasteiger partial charge in [-0.05, 0) is 66.5 Å². The Labute approximate surface area is 225 Å². The zero-order valence-corrected chi connectivity index (χ0v) is 22.6. The first-order valence-corrected chi connectivity index (χ1v) is 14.1. The largest absolute Gasteiger partial charge is 0.490 e. The minimum absolute atomic E-state index is 0.0700. The Balaban J connectivity index is 1.38. The van der Waals surface area contributed by atoms with Crippen molar-refractivity contribution in [1.29, 1.82) is 0 Å². The molecule has 0 spiro atoms. The molecular weight excluding hydrogens is 485 g/mol. The van der Waals surface area contributed by atoms with Crippen LogP contribution in [0, 0.1) is 23.4 Å². The van der Waals surface area contributed by atoms with Gasteiger partial charge in [0, 0.05) is 11.1 Å². The van der Waals surface area contributed by atoms with Crippen LogP contribution in [0.3, 0.4) is 0 Å². The maximum Gasteiger partial charge on any atom is 0.201 e. The van der Waals surface area contributed by atoms with Gasteiger partial charge in [0.15, 0.2) is 11.6 Å². The number of rotatable bonds is 12. The summed E-state index contributed by atoms with van der Waals surface area (Å²) in [6.07, 6.45) is 10.3. The molecule has 5 heteroatoms. The van der Waals surface area contributed by atoms with Crippen LogP contribution in [0.5, 0.6) is 5.75 Å². The van der Waals surface area contributed by atoms with E-state index >= 15 is 4.39 Å². The summed E-state index contributed by atoms with van der Waals surface area (Å²) >= 11 is 0. The molecule has 1 aliphatic heterocycles. The summed E-state index contributed by atoms with van der Waals surface area (Å²) in [6.45, 7) is 5.20. The zero-order chi connectivity index (χ0) is 26.9. The molecule has 2 atom stereocenters. The lowest BCUT2D eigenvalue weighted by atomic mass is 9.90. The Kier molecular flexibility index (Phi) is 10.3. The van der Waals surface area contributed by atoms with Crippen LogP contribution in [0.1, 0.15) is 83.3 Å². The van der Waals surface area contributed by atoms with E-state index in [-0.39, 0.29) is 23.2 Å². The van der Waals surface area contributed by atoms with Gasteiger partial charge in [0.2, 0.25) is 5.82 Å². The van der Waals surface area contributed by atoms with Crippen LogP contribution in [0.4, 0.5) is 13.2 Å². The Morgan fingerprint density at radius 2 is 1.47 bits per heavy atom. The normalized spacial score (nSPS) is 17.5. The minimum atomic E-state index is -0.995. The second kappa shape index (κ2) is 13.8. The van der Waals surface area contributed by atoms with Crippen molar-refractivity contribution in [3.8, 4) is 28.0 Å². The van der Waals surface area contributed by atoms with Gasteiger partial charge in [-0.25, -0.2) is 8.78 Å². The van der Waals surface area contributed by atoms with Gasteiger partial charge in [0.25, 0.3) is 0 Å². The Morgan fingerprint density at radius 1 is 0.763 bits per heavy atom. The molecule has 1 aliphatic rings. The lowest BCUT2D eigenvalue weighted by Gasteiger charge is -2.29. The summed E-state index contributed by atoms with van der Waals surface area (Å²) in [5.41, 5.74) is 2.67. The molecular formula is C33H39F3O2. The molecule has 204 valence electrons. The molecule has 1 saturated heterocycles. The average molecular weight is 525 g/mol. The lowest BCUT2D eigenvalue weighted by molar-refractivity contribution is -0.0200. The first-order chi connectivity index (χ1) is 18.5. The third-order valence-electron chi connectivity index (χ3n) is 7.47. The number of hydrogen-bond acceptors (Lipinski definition) is 2. The first-order valence-electron chi connectivity index (χ1n) is 14.1. The molecule has 4 rings (SSSR count). The van der Waals surface area contributed by atoms with Gasteiger partial charge in [-0.15, -0.1) is 0 Å². The van der Waals surface area contributed by atoms with Crippen molar-refractivity contribution in [2.45, 2.75) is 77.7 Å². The summed E-state index contributed by atoms with van der Waals surface area (Å²) < 4.78 is 55.6. The fourth-order valence-electron chi connectivity index (χ4n) is 5.21. The minimum Gasteiger partial charge on any atom is -0.490 e. The molecule has 0 aliphatic carbocycles. The topological polar surface area (TPSA) is 18.5 Å². The second-order valence-electron chi connectivity index (χ2n) is 10.4. The van der Waals surface area contributed by atoms with E-state index in [0.717, 1.165) is 25.0 Å². The SMILES string of the molecule is CCCCCCCC1CCC(c2ccc(-c3ccc(-c4ccc(OCCC)c(F)c4F)cc3)c(F)c2)OC1. The van der Waals surface area contributed by atoms with E-state index in [1.165, 1.54) is 50.7 Å². The van der Waals surface area contributed by atoms with E-state index in [4.69, 9.17) is 9.47 Å². The maximum absolute atomic E-state index is 15.1. The molecule has 0 aromatic heterocycles. The van der Waals surface area contributed by atoms with Crippen molar-refractivity contribution in [3.63, 3.8) is 0 Å². The molecule has 0 bridgehead atoms. The fraction of sp³-hybridized carbons (Fsp3) is 0.455. The molecule has 3 aromatic carbocycles. The molecule has 1 fully saturated rings. The van der Waals surface area contributed by atoms with Gasteiger partial charge < -0.3 is 9.47 Å². The predicted octanol–water partition coefficient (Wildman–Crippen LogP) is 10.1. The predicted molar refractivity (Wildman–Crippen MR) is 148 cm³/mol.